The molecule has 0 aliphatic carbocycles. The fourth-order valence-corrected chi connectivity index (χ4v) is 3.71. The third-order valence-electron chi connectivity index (χ3n) is 5.16. The lowest BCUT2D eigenvalue weighted by Gasteiger charge is -2.08. The van der Waals surface area contributed by atoms with Gasteiger partial charge in [0.05, 0.1) is 5.69 Å². The van der Waals surface area contributed by atoms with E-state index in [1.54, 1.807) is 0 Å². The fourth-order valence-electron chi connectivity index (χ4n) is 3.71. The molecule has 2 heterocycles. The lowest BCUT2D eigenvalue weighted by molar-refractivity contribution is 0.670. The fraction of sp³-hybridized carbons (Fsp3) is 0.0800. The van der Waals surface area contributed by atoms with E-state index in [4.69, 9.17) is 4.42 Å². The second kappa shape index (κ2) is 6.40. The Balaban J connectivity index is 1.62. The van der Waals surface area contributed by atoms with Crippen LogP contribution in [0.3, 0.4) is 0 Å². The molecule has 130 valence electrons. The smallest absolute Gasteiger partial charge is 0.144 e. The van der Waals surface area contributed by atoms with Gasteiger partial charge in [-0.1, -0.05) is 54.6 Å². The van der Waals surface area contributed by atoms with Crippen LogP contribution in [0.1, 0.15) is 16.7 Å². The van der Waals surface area contributed by atoms with Gasteiger partial charge < -0.3 is 4.42 Å². The largest absolute Gasteiger partial charge is 0.455 e. The number of hydrogen-bond acceptors (Lipinski definition) is 2. The van der Waals surface area contributed by atoms with E-state index >= 15 is 0 Å². The summed E-state index contributed by atoms with van der Waals surface area (Å²) in [6, 6.07) is 27.2. The Hall–Kier alpha value is -3.39. The average molecular weight is 349 g/mol. The highest BCUT2D eigenvalue weighted by molar-refractivity contribution is 6.09. The standard InChI is InChI=1S/C25H19NO/c1-17-7-2-3-8-19(17)15-18-13-14-26-23(16-18)22-11-6-10-21-20-9-4-5-12-24(20)27-25(21)22/h2-14,16H,15H2,1H3. The van der Waals surface area contributed by atoms with Crippen molar-refractivity contribution < 1.29 is 4.42 Å². The van der Waals surface area contributed by atoms with Crippen LogP contribution in [0.15, 0.2) is 89.5 Å². The highest BCUT2D eigenvalue weighted by Gasteiger charge is 2.13. The van der Waals surface area contributed by atoms with E-state index in [0.29, 0.717) is 0 Å². The monoisotopic (exact) mass is 349 g/mol. The molecular formula is C25H19NO. The summed E-state index contributed by atoms with van der Waals surface area (Å²) in [4.78, 5) is 4.63. The summed E-state index contributed by atoms with van der Waals surface area (Å²) in [6.45, 7) is 2.16. The Bertz CT molecular complexity index is 1270. The summed E-state index contributed by atoms with van der Waals surface area (Å²) in [5.41, 5.74) is 7.71. The Morgan fingerprint density at radius 1 is 0.815 bits per heavy atom. The number of aromatic nitrogens is 1. The summed E-state index contributed by atoms with van der Waals surface area (Å²) < 4.78 is 6.18. The van der Waals surface area contributed by atoms with Gasteiger partial charge in [-0.2, -0.15) is 0 Å². The lowest BCUT2D eigenvalue weighted by Crippen LogP contribution is -1.93. The molecule has 5 rings (SSSR count). The van der Waals surface area contributed by atoms with E-state index in [9.17, 15) is 0 Å². The maximum Gasteiger partial charge on any atom is 0.144 e. The van der Waals surface area contributed by atoms with Crippen LogP contribution >= 0.6 is 0 Å². The SMILES string of the molecule is Cc1ccccc1Cc1ccnc(-c2cccc3c2oc2ccccc23)c1. The van der Waals surface area contributed by atoms with Crippen LogP contribution in [-0.4, -0.2) is 4.98 Å². The van der Waals surface area contributed by atoms with Gasteiger partial charge in [0.15, 0.2) is 0 Å². The first-order valence-electron chi connectivity index (χ1n) is 9.20. The molecule has 0 unspecified atom stereocenters. The van der Waals surface area contributed by atoms with Crippen molar-refractivity contribution in [2.24, 2.45) is 0 Å². The predicted octanol–water partition coefficient (Wildman–Crippen LogP) is 6.55. The van der Waals surface area contributed by atoms with Crippen molar-refractivity contribution in [3.63, 3.8) is 0 Å². The van der Waals surface area contributed by atoms with Gasteiger partial charge in [-0.3, -0.25) is 4.98 Å². The van der Waals surface area contributed by atoms with Crippen LogP contribution in [0.5, 0.6) is 0 Å². The summed E-state index contributed by atoms with van der Waals surface area (Å²) in [5.74, 6) is 0. The van der Waals surface area contributed by atoms with Crippen molar-refractivity contribution in [2.45, 2.75) is 13.3 Å². The summed E-state index contributed by atoms with van der Waals surface area (Å²) in [6.07, 6.45) is 2.79. The van der Waals surface area contributed by atoms with Crippen LogP contribution in [0.25, 0.3) is 33.2 Å². The Labute approximate surface area is 158 Å². The molecule has 2 heteroatoms. The van der Waals surface area contributed by atoms with Crippen LogP contribution in [-0.2, 0) is 6.42 Å². The minimum absolute atomic E-state index is 0.901. The number of nitrogens with zero attached hydrogens (tertiary/aromatic N) is 1. The quantitative estimate of drug-likeness (QED) is 0.369. The molecule has 0 bridgehead atoms. The molecule has 3 aromatic carbocycles. The van der Waals surface area contributed by atoms with Gasteiger partial charge in [-0.25, -0.2) is 0 Å². The van der Waals surface area contributed by atoms with Gasteiger partial charge in [0, 0.05) is 22.5 Å². The van der Waals surface area contributed by atoms with E-state index in [1.165, 1.54) is 16.7 Å². The first-order valence-corrected chi connectivity index (χ1v) is 9.20. The molecule has 2 nitrogen and oxygen atoms in total. The predicted molar refractivity (Wildman–Crippen MR) is 111 cm³/mol. The van der Waals surface area contributed by atoms with Crippen molar-refractivity contribution in [3.8, 4) is 11.3 Å². The average Bonchev–Trinajstić information content (AvgIpc) is 3.09. The van der Waals surface area contributed by atoms with Crippen molar-refractivity contribution >= 4 is 21.9 Å². The topological polar surface area (TPSA) is 26.0 Å². The molecule has 0 N–H and O–H groups in total. The Morgan fingerprint density at radius 3 is 2.56 bits per heavy atom. The molecule has 0 atom stereocenters. The second-order valence-electron chi connectivity index (χ2n) is 6.93. The Morgan fingerprint density at radius 2 is 1.63 bits per heavy atom. The highest BCUT2D eigenvalue weighted by atomic mass is 16.3. The molecule has 0 amide bonds. The summed E-state index contributed by atoms with van der Waals surface area (Å²) in [7, 11) is 0. The normalized spacial score (nSPS) is 11.3. The van der Waals surface area contributed by atoms with Gasteiger partial charge in [0.2, 0.25) is 0 Å². The zero-order valence-electron chi connectivity index (χ0n) is 15.1. The maximum absolute atomic E-state index is 6.18. The number of pyridine rings is 1. The summed E-state index contributed by atoms with van der Waals surface area (Å²) >= 11 is 0. The molecule has 5 aromatic rings. The number of benzene rings is 3. The number of rotatable bonds is 3. The van der Waals surface area contributed by atoms with Crippen LogP contribution in [0, 0.1) is 6.92 Å². The molecule has 2 aromatic heterocycles. The van der Waals surface area contributed by atoms with Crippen LogP contribution < -0.4 is 0 Å². The van der Waals surface area contributed by atoms with Gasteiger partial charge in [0.25, 0.3) is 0 Å². The maximum atomic E-state index is 6.18. The second-order valence-corrected chi connectivity index (χ2v) is 6.93. The molecule has 0 aliphatic heterocycles. The van der Waals surface area contributed by atoms with Crippen molar-refractivity contribution in [2.75, 3.05) is 0 Å². The van der Waals surface area contributed by atoms with E-state index in [0.717, 1.165) is 39.6 Å². The Kier molecular flexibility index (Phi) is 3.75. The van der Waals surface area contributed by atoms with Gasteiger partial charge in [0.1, 0.15) is 11.2 Å². The molecule has 0 saturated heterocycles. The number of furan rings is 1. The minimum Gasteiger partial charge on any atom is -0.455 e. The van der Waals surface area contributed by atoms with Gasteiger partial charge >= 0.3 is 0 Å². The number of hydrogen-bond donors (Lipinski definition) is 0. The number of para-hydroxylation sites is 2. The molecule has 0 fully saturated rings. The highest BCUT2D eigenvalue weighted by Crippen LogP contribution is 2.35. The van der Waals surface area contributed by atoms with Crippen molar-refractivity contribution in [1.82, 2.24) is 4.98 Å². The zero-order valence-corrected chi connectivity index (χ0v) is 15.1. The van der Waals surface area contributed by atoms with E-state index in [2.05, 4.69) is 72.6 Å². The van der Waals surface area contributed by atoms with E-state index in [-0.39, 0.29) is 0 Å². The number of aryl methyl sites for hydroxylation is 1. The molecule has 0 aliphatic rings. The molecule has 0 saturated carbocycles. The van der Waals surface area contributed by atoms with Gasteiger partial charge in [-0.05, 0) is 54.3 Å². The number of fused-ring (bicyclic) bond motifs is 3. The molecule has 0 spiro atoms. The van der Waals surface area contributed by atoms with Crippen molar-refractivity contribution in [1.29, 1.82) is 0 Å². The van der Waals surface area contributed by atoms with E-state index < -0.39 is 0 Å². The third kappa shape index (κ3) is 2.80. The molecule has 0 radical (unpaired) electrons. The molecular weight excluding hydrogens is 330 g/mol. The van der Waals surface area contributed by atoms with Crippen LogP contribution in [0.4, 0.5) is 0 Å². The van der Waals surface area contributed by atoms with Gasteiger partial charge in [-0.15, -0.1) is 0 Å². The zero-order chi connectivity index (χ0) is 18.2. The third-order valence-corrected chi connectivity index (χ3v) is 5.16. The van der Waals surface area contributed by atoms with Crippen molar-refractivity contribution in [3.05, 3.63) is 102 Å². The van der Waals surface area contributed by atoms with E-state index in [1.807, 2.05) is 24.4 Å². The lowest BCUT2D eigenvalue weighted by atomic mass is 9.99. The summed E-state index contributed by atoms with van der Waals surface area (Å²) in [5, 5.41) is 2.28. The first-order chi connectivity index (χ1) is 13.3. The van der Waals surface area contributed by atoms with Crippen LogP contribution in [0.2, 0.25) is 0 Å². The first kappa shape index (κ1) is 15.8. The molecule has 27 heavy (non-hydrogen) atoms. The minimum atomic E-state index is 0.901.